The van der Waals surface area contributed by atoms with Gasteiger partial charge in [-0.2, -0.15) is 0 Å². The van der Waals surface area contributed by atoms with E-state index in [1.54, 1.807) is 42.5 Å². The number of hydrogen-bond acceptors (Lipinski definition) is 4. The first-order chi connectivity index (χ1) is 15.4. The Hall–Kier alpha value is -3.84. The van der Waals surface area contributed by atoms with Crippen molar-refractivity contribution in [3.63, 3.8) is 0 Å². The number of anilines is 2. The van der Waals surface area contributed by atoms with Crippen molar-refractivity contribution in [1.82, 2.24) is 0 Å². The summed E-state index contributed by atoms with van der Waals surface area (Å²) in [7, 11) is 1.43. The monoisotopic (exact) mass is 454 g/mol. The molecule has 0 saturated carbocycles. The fraction of sp³-hybridized carbons (Fsp3) is 0.0833. The SMILES string of the molecule is C=CCOc1ccc(C(=O)Nc2ccc(OC)c(NC(=O)c3ccc(Cl)cc3F)c2)cc1. The minimum atomic E-state index is -0.751. The molecule has 0 radical (unpaired) electrons. The van der Waals surface area contributed by atoms with Gasteiger partial charge in [-0.05, 0) is 60.7 Å². The third kappa shape index (κ3) is 5.65. The molecule has 0 aliphatic carbocycles. The van der Waals surface area contributed by atoms with Crippen LogP contribution in [-0.2, 0) is 0 Å². The van der Waals surface area contributed by atoms with Gasteiger partial charge in [0.15, 0.2) is 0 Å². The maximum atomic E-state index is 14.1. The number of methoxy groups -OCH3 is 1. The maximum absolute atomic E-state index is 14.1. The summed E-state index contributed by atoms with van der Waals surface area (Å²) < 4.78 is 24.7. The lowest BCUT2D eigenvalue weighted by Crippen LogP contribution is -2.15. The molecule has 0 heterocycles. The van der Waals surface area contributed by atoms with E-state index >= 15 is 0 Å². The number of carbonyl (C=O) groups is 2. The molecular weight excluding hydrogens is 435 g/mol. The Morgan fingerprint density at radius 2 is 1.78 bits per heavy atom. The van der Waals surface area contributed by atoms with Crippen LogP contribution in [0.25, 0.3) is 0 Å². The van der Waals surface area contributed by atoms with E-state index in [0.29, 0.717) is 29.4 Å². The Morgan fingerprint density at radius 1 is 1.03 bits per heavy atom. The molecule has 0 unspecified atom stereocenters. The zero-order valence-electron chi connectivity index (χ0n) is 17.2. The summed E-state index contributed by atoms with van der Waals surface area (Å²) in [6.07, 6.45) is 1.63. The van der Waals surface area contributed by atoms with Gasteiger partial charge < -0.3 is 20.1 Å². The molecule has 2 N–H and O–H groups in total. The number of carbonyl (C=O) groups excluding carboxylic acids is 2. The smallest absolute Gasteiger partial charge is 0.258 e. The summed E-state index contributed by atoms with van der Waals surface area (Å²) >= 11 is 5.74. The average molecular weight is 455 g/mol. The first-order valence-electron chi connectivity index (χ1n) is 9.51. The van der Waals surface area contributed by atoms with Gasteiger partial charge in [-0.3, -0.25) is 9.59 Å². The van der Waals surface area contributed by atoms with Crippen LogP contribution < -0.4 is 20.1 Å². The van der Waals surface area contributed by atoms with Crippen molar-refractivity contribution in [2.24, 2.45) is 0 Å². The van der Waals surface area contributed by atoms with Crippen molar-refractivity contribution < 1.29 is 23.5 Å². The molecule has 164 valence electrons. The van der Waals surface area contributed by atoms with E-state index < -0.39 is 11.7 Å². The van der Waals surface area contributed by atoms with Crippen LogP contribution in [0.1, 0.15) is 20.7 Å². The number of nitrogens with one attached hydrogen (secondary N) is 2. The van der Waals surface area contributed by atoms with Crippen molar-refractivity contribution in [2.75, 3.05) is 24.4 Å². The third-order valence-electron chi connectivity index (χ3n) is 4.37. The summed E-state index contributed by atoms with van der Waals surface area (Å²) in [5.74, 6) is -0.832. The lowest BCUT2D eigenvalue weighted by molar-refractivity contribution is 0.101. The van der Waals surface area contributed by atoms with E-state index in [0.717, 1.165) is 6.07 Å². The van der Waals surface area contributed by atoms with Crippen LogP contribution in [0.3, 0.4) is 0 Å². The van der Waals surface area contributed by atoms with Gasteiger partial charge in [0, 0.05) is 16.3 Å². The van der Waals surface area contributed by atoms with Crippen molar-refractivity contribution in [2.45, 2.75) is 0 Å². The van der Waals surface area contributed by atoms with Crippen LogP contribution in [0, 0.1) is 5.82 Å². The predicted octanol–water partition coefficient (Wildman–Crippen LogP) is 5.56. The van der Waals surface area contributed by atoms with E-state index in [-0.39, 0.29) is 22.2 Å². The molecule has 0 aliphatic rings. The number of halogens is 2. The maximum Gasteiger partial charge on any atom is 0.258 e. The lowest BCUT2D eigenvalue weighted by atomic mass is 10.1. The fourth-order valence-electron chi connectivity index (χ4n) is 2.81. The second-order valence-corrected chi connectivity index (χ2v) is 7.01. The Labute approximate surface area is 189 Å². The first-order valence-corrected chi connectivity index (χ1v) is 9.88. The molecule has 8 heteroatoms. The number of benzene rings is 3. The summed E-state index contributed by atoms with van der Waals surface area (Å²) in [5, 5.41) is 5.53. The van der Waals surface area contributed by atoms with Gasteiger partial charge in [-0.25, -0.2) is 4.39 Å². The quantitative estimate of drug-likeness (QED) is 0.437. The molecule has 0 aliphatic heterocycles. The molecule has 0 fully saturated rings. The molecule has 2 amide bonds. The molecule has 0 atom stereocenters. The summed E-state index contributed by atoms with van der Waals surface area (Å²) in [6.45, 7) is 3.95. The third-order valence-corrected chi connectivity index (χ3v) is 4.60. The first kappa shape index (κ1) is 22.8. The van der Waals surface area contributed by atoms with Crippen LogP contribution in [0.15, 0.2) is 73.3 Å². The van der Waals surface area contributed by atoms with Gasteiger partial charge in [-0.1, -0.05) is 24.3 Å². The number of amides is 2. The number of ether oxygens (including phenoxy) is 2. The topological polar surface area (TPSA) is 76.7 Å². The highest BCUT2D eigenvalue weighted by Crippen LogP contribution is 2.29. The zero-order valence-corrected chi connectivity index (χ0v) is 17.9. The van der Waals surface area contributed by atoms with E-state index in [2.05, 4.69) is 17.2 Å². The minimum absolute atomic E-state index is 0.176. The average Bonchev–Trinajstić information content (AvgIpc) is 2.78. The van der Waals surface area contributed by atoms with Crippen molar-refractivity contribution in [3.8, 4) is 11.5 Å². The summed E-state index contributed by atoms with van der Waals surface area (Å²) in [4.78, 5) is 25.1. The van der Waals surface area contributed by atoms with Crippen molar-refractivity contribution in [1.29, 1.82) is 0 Å². The van der Waals surface area contributed by atoms with Crippen LogP contribution in [0.4, 0.5) is 15.8 Å². The highest BCUT2D eigenvalue weighted by molar-refractivity contribution is 6.30. The van der Waals surface area contributed by atoms with Crippen molar-refractivity contribution >= 4 is 34.8 Å². The van der Waals surface area contributed by atoms with E-state index in [9.17, 15) is 14.0 Å². The van der Waals surface area contributed by atoms with E-state index in [1.165, 1.54) is 25.3 Å². The Bertz CT molecular complexity index is 1150. The molecule has 0 bridgehead atoms. The Morgan fingerprint density at radius 3 is 2.44 bits per heavy atom. The van der Waals surface area contributed by atoms with Gasteiger partial charge >= 0.3 is 0 Å². The predicted molar refractivity (Wildman–Crippen MR) is 122 cm³/mol. The van der Waals surface area contributed by atoms with E-state index in [4.69, 9.17) is 21.1 Å². The molecule has 0 saturated heterocycles. The standard InChI is InChI=1S/C24H20ClFN2O4/c1-3-12-32-18-8-4-15(5-9-18)23(29)27-17-7-11-22(31-2)21(14-17)28-24(30)19-10-6-16(25)13-20(19)26/h3-11,13-14H,1,12H2,2H3,(H,27,29)(H,28,30). The molecule has 3 rings (SSSR count). The second-order valence-electron chi connectivity index (χ2n) is 6.57. The second kappa shape index (κ2) is 10.5. The Kier molecular flexibility index (Phi) is 7.46. The van der Waals surface area contributed by atoms with E-state index in [1.807, 2.05) is 0 Å². The van der Waals surface area contributed by atoms with Crippen LogP contribution in [0.2, 0.25) is 5.02 Å². The molecule has 0 aromatic heterocycles. The normalized spacial score (nSPS) is 10.2. The van der Waals surface area contributed by atoms with Crippen molar-refractivity contribution in [3.05, 3.63) is 95.3 Å². The van der Waals surface area contributed by atoms with Gasteiger partial charge in [0.1, 0.15) is 23.9 Å². The Balaban J connectivity index is 1.76. The summed E-state index contributed by atoms with van der Waals surface area (Å²) in [5.41, 5.74) is 0.915. The molecular formula is C24H20ClFN2O4. The number of hydrogen-bond donors (Lipinski definition) is 2. The van der Waals surface area contributed by atoms with Gasteiger partial charge in [-0.15, -0.1) is 0 Å². The van der Waals surface area contributed by atoms with Crippen LogP contribution >= 0.6 is 11.6 Å². The zero-order chi connectivity index (χ0) is 23.1. The van der Waals surface area contributed by atoms with Gasteiger partial charge in [0.05, 0.1) is 18.4 Å². The molecule has 32 heavy (non-hydrogen) atoms. The van der Waals surface area contributed by atoms with Gasteiger partial charge in [0.25, 0.3) is 11.8 Å². The highest BCUT2D eigenvalue weighted by Gasteiger charge is 2.16. The molecule has 3 aromatic carbocycles. The molecule has 6 nitrogen and oxygen atoms in total. The molecule has 0 spiro atoms. The molecule has 3 aromatic rings. The van der Waals surface area contributed by atoms with Crippen LogP contribution in [0.5, 0.6) is 11.5 Å². The largest absolute Gasteiger partial charge is 0.495 e. The van der Waals surface area contributed by atoms with Gasteiger partial charge in [0.2, 0.25) is 0 Å². The number of rotatable bonds is 8. The minimum Gasteiger partial charge on any atom is -0.495 e. The van der Waals surface area contributed by atoms with Crippen LogP contribution in [-0.4, -0.2) is 25.5 Å². The summed E-state index contributed by atoms with van der Waals surface area (Å²) in [6, 6.07) is 15.1. The fourth-order valence-corrected chi connectivity index (χ4v) is 2.97. The lowest BCUT2D eigenvalue weighted by Gasteiger charge is -2.13. The highest BCUT2D eigenvalue weighted by atomic mass is 35.5.